The van der Waals surface area contributed by atoms with Gasteiger partial charge >= 0.3 is 6.18 Å². The molecule has 0 aliphatic carbocycles. The molecule has 1 heterocycles. The smallest absolute Gasteiger partial charge is 0.392 e. The van der Waals surface area contributed by atoms with Gasteiger partial charge in [-0.05, 0) is 6.92 Å². The fourth-order valence-corrected chi connectivity index (χ4v) is 1.65. The van der Waals surface area contributed by atoms with E-state index in [1.165, 1.54) is 6.92 Å². The highest BCUT2D eigenvalue weighted by Gasteiger charge is 2.38. The molecular weight excluding hydrogens is 245 g/mol. The van der Waals surface area contributed by atoms with Crippen LogP contribution in [0.4, 0.5) is 13.2 Å². The fraction of sp³-hybridized carbons (Fsp3) is 0.500. The van der Waals surface area contributed by atoms with Crippen molar-refractivity contribution < 1.29 is 23.1 Å². The molecule has 1 aromatic rings. The summed E-state index contributed by atoms with van der Waals surface area (Å²) in [6.07, 6.45) is -5.46. The first-order chi connectivity index (χ1) is 7.32. The second-order valence-corrected chi connectivity index (χ2v) is 3.94. The SMILES string of the molecule is CC(O)CNC(=O)c1scnc1C(F)(F)F. The van der Waals surface area contributed by atoms with E-state index in [0.717, 1.165) is 5.51 Å². The lowest BCUT2D eigenvalue weighted by molar-refractivity contribution is -0.141. The van der Waals surface area contributed by atoms with Gasteiger partial charge in [-0.3, -0.25) is 4.79 Å². The first-order valence-electron chi connectivity index (χ1n) is 4.29. The monoisotopic (exact) mass is 254 g/mol. The maximum absolute atomic E-state index is 12.4. The van der Waals surface area contributed by atoms with Crippen LogP contribution in [-0.2, 0) is 6.18 Å². The molecule has 0 spiro atoms. The van der Waals surface area contributed by atoms with E-state index < -0.39 is 28.8 Å². The normalized spacial score (nSPS) is 13.6. The topological polar surface area (TPSA) is 62.2 Å². The molecule has 16 heavy (non-hydrogen) atoms. The summed E-state index contributed by atoms with van der Waals surface area (Å²) in [7, 11) is 0. The molecule has 0 aliphatic heterocycles. The number of aliphatic hydroxyl groups is 1. The second kappa shape index (κ2) is 4.79. The molecule has 0 fully saturated rings. The Morgan fingerprint density at radius 2 is 2.31 bits per heavy atom. The molecule has 1 amide bonds. The van der Waals surface area contributed by atoms with Crippen molar-refractivity contribution in [3.05, 3.63) is 16.1 Å². The summed E-state index contributed by atoms with van der Waals surface area (Å²) in [6.45, 7) is 1.31. The molecule has 0 aliphatic rings. The Labute approximate surface area is 93.1 Å². The minimum atomic E-state index is -4.64. The van der Waals surface area contributed by atoms with E-state index in [0.29, 0.717) is 11.3 Å². The van der Waals surface area contributed by atoms with Crippen LogP contribution in [0, 0.1) is 0 Å². The van der Waals surface area contributed by atoms with Crippen molar-refractivity contribution in [2.45, 2.75) is 19.2 Å². The summed E-state index contributed by atoms with van der Waals surface area (Å²) in [4.78, 5) is 13.9. The summed E-state index contributed by atoms with van der Waals surface area (Å²) in [6, 6.07) is 0. The Morgan fingerprint density at radius 1 is 1.69 bits per heavy atom. The maximum atomic E-state index is 12.4. The Hall–Kier alpha value is -1.15. The molecule has 0 saturated heterocycles. The summed E-state index contributed by atoms with van der Waals surface area (Å²) in [5, 5.41) is 11.1. The van der Waals surface area contributed by atoms with Crippen LogP contribution in [0.2, 0.25) is 0 Å². The van der Waals surface area contributed by atoms with Gasteiger partial charge in [0.1, 0.15) is 4.88 Å². The Morgan fingerprint density at radius 3 is 2.81 bits per heavy atom. The standard InChI is InChI=1S/C8H9F3N2O2S/c1-4(14)2-12-7(15)5-6(8(9,10)11)13-3-16-5/h3-4,14H,2H2,1H3,(H,12,15). The Balaban J connectivity index is 2.81. The largest absolute Gasteiger partial charge is 0.434 e. The van der Waals surface area contributed by atoms with Crippen molar-refractivity contribution >= 4 is 17.2 Å². The van der Waals surface area contributed by atoms with Gasteiger partial charge in [0.15, 0.2) is 5.69 Å². The number of carbonyl (C=O) groups excluding carboxylic acids is 1. The van der Waals surface area contributed by atoms with E-state index in [2.05, 4.69) is 10.3 Å². The summed E-state index contributed by atoms with van der Waals surface area (Å²) in [5.74, 6) is -0.879. The maximum Gasteiger partial charge on any atom is 0.434 e. The van der Waals surface area contributed by atoms with Crippen molar-refractivity contribution in [1.29, 1.82) is 0 Å². The number of thiazole rings is 1. The van der Waals surface area contributed by atoms with Gasteiger partial charge in [-0.15, -0.1) is 11.3 Å². The molecule has 1 aromatic heterocycles. The van der Waals surface area contributed by atoms with Crippen LogP contribution in [0.15, 0.2) is 5.51 Å². The van der Waals surface area contributed by atoms with Crippen molar-refractivity contribution in [2.24, 2.45) is 0 Å². The molecular formula is C8H9F3N2O2S. The Kier molecular flexibility index (Phi) is 3.87. The summed E-state index contributed by atoms with van der Waals surface area (Å²) >= 11 is 0.611. The number of nitrogens with one attached hydrogen (secondary N) is 1. The lowest BCUT2D eigenvalue weighted by atomic mass is 10.3. The zero-order chi connectivity index (χ0) is 12.3. The van der Waals surface area contributed by atoms with E-state index in [1.807, 2.05) is 0 Å². The summed E-state index contributed by atoms with van der Waals surface area (Å²) in [5.41, 5.74) is -0.235. The molecule has 1 unspecified atom stereocenters. The average Bonchev–Trinajstić information content (AvgIpc) is 2.61. The molecule has 0 bridgehead atoms. The van der Waals surface area contributed by atoms with E-state index in [9.17, 15) is 18.0 Å². The minimum Gasteiger partial charge on any atom is -0.392 e. The number of aliphatic hydroxyl groups excluding tert-OH is 1. The predicted octanol–water partition coefficient (Wildman–Crippen LogP) is 1.27. The molecule has 1 atom stereocenters. The third kappa shape index (κ3) is 3.17. The average molecular weight is 254 g/mol. The van der Waals surface area contributed by atoms with Gasteiger partial charge in [-0.25, -0.2) is 4.98 Å². The van der Waals surface area contributed by atoms with Crippen LogP contribution >= 0.6 is 11.3 Å². The first-order valence-corrected chi connectivity index (χ1v) is 5.17. The lowest BCUT2D eigenvalue weighted by Crippen LogP contribution is -2.31. The zero-order valence-electron chi connectivity index (χ0n) is 8.21. The molecule has 4 nitrogen and oxygen atoms in total. The minimum absolute atomic E-state index is 0.103. The third-order valence-electron chi connectivity index (χ3n) is 1.60. The number of carbonyl (C=O) groups is 1. The van der Waals surface area contributed by atoms with Gasteiger partial charge < -0.3 is 10.4 Å². The number of halogens is 3. The molecule has 0 radical (unpaired) electrons. The van der Waals surface area contributed by atoms with Crippen LogP contribution in [0.25, 0.3) is 0 Å². The lowest BCUT2D eigenvalue weighted by Gasteiger charge is -2.08. The van der Waals surface area contributed by atoms with Gasteiger partial charge in [-0.2, -0.15) is 13.2 Å². The van der Waals surface area contributed by atoms with Gasteiger partial charge in [-0.1, -0.05) is 0 Å². The molecule has 2 N–H and O–H groups in total. The quantitative estimate of drug-likeness (QED) is 0.854. The summed E-state index contributed by atoms with van der Waals surface area (Å²) < 4.78 is 37.1. The van der Waals surface area contributed by atoms with E-state index in [1.54, 1.807) is 0 Å². The highest BCUT2D eigenvalue weighted by atomic mass is 32.1. The molecule has 8 heteroatoms. The number of amides is 1. The molecule has 0 saturated carbocycles. The number of hydrogen-bond donors (Lipinski definition) is 2. The van der Waals surface area contributed by atoms with Crippen molar-refractivity contribution in [2.75, 3.05) is 6.54 Å². The number of aromatic nitrogens is 1. The van der Waals surface area contributed by atoms with E-state index in [4.69, 9.17) is 5.11 Å². The third-order valence-corrected chi connectivity index (χ3v) is 2.43. The number of hydrogen-bond acceptors (Lipinski definition) is 4. The van der Waals surface area contributed by atoms with Crippen molar-refractivity contribution in [3.63, 3.8) is 0 Å². The van der Waals surface area contributed by atoms with Crippen LogP contribution in [0.3, 0.4) is 0 Å². The Bertz CT molecular complexity index is 376. The van der Waals surface area contributed by atoms with Crippen LogP contribution < -0.4 is 5.32 Å². The van der Waals surface area contributed by atoms with E-state index >= 15 is 0 Å². The fourth-order valence-electron chi connectivity index (χ4n) is 0.930. The van der Waals surface area contributed by atoms with E-state index in [-0.39, 0.29) is 6.54 Å². The van der Waals surface area contributed by atoms with Crippen molar-refractivity contribution in [1.82, 2.24) is 10.3 Å². The molecule has 90 valence electrons. The van der Waals surface area contributed by atoms with Gasteiger partial charge in [0, 0.05) is 6.54 Å². The van der Waals surface area contributed by atoms with Crippen LogP contribution in [-0.4, -0.2) is 28.6 Å². The van der Waals surface area contributed by atoms with Crippen LogP contribution in [0.5, 0.6) is 0 Å². The first kappa shape index (κ1) is 12.9. The molecule has 1 rings (SSSR count). The van der Waals surface area contributed by atoms with Gasteiger partial charge in [0.25, 0.3) is 5.91 Å². The predicted molar refractivity (Wildman–Crippen MR) is 51.1 cm³/mol. The number of rotatable bonds is 3. The molecule has 0 aromatic carbocycles. The van der Waals surface area contributed by atoms with Crippen LogP contribution in [0.1, 0.15) is 22.3 Å². The number of alkyl halides is 3. The van der Waals surface area contributed by atoms with Gasteiger partial charge in [0.05, 0.1) is 11.6 Å². The zero-order valence-corrected chi connectivity index (χ0v) is 9.02. The van der Waals surface area contributed by atoms with Gasteiger partial charge in [0.2, 0.25) is 0 Å². The van der Waals surface area contributed by atoms with Crippen molar-refractivity contribution in [3.8, 4) is 0 Å². The highest BCUT2D eigenvalue weighted by molar-refractivity contribution is 7.11. The highest BCUT2D eigenvalue weighted by Crippen LogP contribution is 2.32. The number of nitrogens with zero attached hydrogens (tertiary/aromatic N) is 1. The second-order valence-electron chi connectivity index (χ2n) is 3.09.